The zero-order valence-electron chi connectivity index (χ0n) is 13.2. The predicted octanol–water partition coefficient (Wildman–Crippen LogP) is 3.54. The van der Waals surface area contributed by atoms with Crippen molar-refractivity contribution < 1.29 is 8.95 Å². The summed E-state index contributed by atoms with van der Waals surface area (Å²) >= 11 is 0. The second kappa shape index (κ2) is 7.70. The number of benzene rings is 2. The molecule has 1 heterocycles. The smallest absolute Gasteiger partial charge is 0.230 e. The third-order valence-electron chi connectivity index (χ3n) is 3.33. The van der Waals surface area contributed by atoms with Crippen molar-refractivity contribution in [3.8, 4) is 5.88 Å². The highest BCUT2D eigenvalue weighted by molar-refractivity contribution is 7.84. The molecule has 0 aliphatic rings. The van der Waals surface area contributed by atoms with Gasteiger partial charge in [-0.2, -0.15) is 4.98 Å². The van der Waals surface area contributed by atoms with E-state index in [2.05, 4.69) is 15.3 Å². The van der Waals surface area contributed by atoms with Crippen LogP contribution in [0.2, 0.25) is 0 Å². The summed E-state index contributed by atoms with van der Waals surface area (Å²) in [6, 6.07) is 18.9. The van der Waals surface area contributed by atoms with Crippen molar-refractivity contribution in [2.45, 2.75) is 10.6 Å². The van der Waals surface area contributed by atoms with Crippen LogP contribution in [0.15, 0.2) is 71.8 Å². The Hall–Kier alpha value is -2.73. The molecule has 0 saturated carbocycles. The first-order valence-electron chi connectivity index (χ1n) is 7.41. The Morgan fingerprint density at radius 1 is 1.08 bits per heavy atom. The van der Waals surface area contributed by atoms with Crippen LogP contribution in [0.4, 0.5) is 11.6 Å². The molecular weight excluding hydrogens is 322 g/mol. The van der Waals surface area contributed by atoms with Crippen molar-refractivity contribution in [3.63, 3.8) is 0 Å². The number of nitrogens with zero attached hydrogens (tertiary/aromatic N) is 2. The van der Waals surface area contributed by atoms with E-state index < -0.39 is 10.8 Å². The average Bonchev–Trinajstić information content (AvgIpc) is 2.63. The molecule has 1 atom stereocenters. The van der Waals surface area contributed by atoms with Gasteiger partial charge in [0, 0.05) is 22.8 Å². The molecule has 0 aliphatic carbocycles. The number of rotatable bonds is 6. The standard InChI is InChI=1S/C18H17N3O2S/c1-23-17-10-11-19-18(21-17)20-15-7-5-6-14(12-15)13-24(22)16-8-3-2-4-9-16/h2-12H,13H2,1H3,(H,19,20,21). The van der Waals surface area contributed by atoms with Crippen LogP contribution in [0.1, 0.15) is 5.56 Å². The summed E-state index contributed by atoms with van der Waals surface area (Å²) in [5, 5.41) is 3.13. The van der Waals surface area contributed by atoms with Gasteiger partial charge in [-0.15, -0.1) is 0 Å². The molecule has 0 spiro atoms. The van der Waals surface area contributed by atoms with Gasteiger partial charge in [0.25, 0.3) is 0 Å². The maximum absolute atomic E-state index is 12.4. The molecule has 122 valence electrons. The molecule has 0 fully saturated rings. The van der Waals surface area contributed by atoms with E-state index in [9.17, 15) is 4.21 Å². The summed E-state index contributed by atoms with van der Waals surface area (Å²) in [5.41, 5.74) is 1.82. The normalized spacial score (nSPS) is 11.7. The maximum Gasteiger partial charge on any atom is 0.230 e. The van der Waals surface area contributed by atoms with Crippen LogP contribution in [-0.4, -0.2) is 21.3 Å². The molecule has 3 aromatic rings. The van der Waals surface area contributed by atoms with E-state index in [4.69, 9.17) is 4.74 Å². The lowest BCUT2D eigenvalue weighted by atomic mass is 10.2. The minimum Gasteiger partial charge on any atom is -0.481 e. The van der Waals surface area contributed by atoms with E-state index in [1.54, 1.807) is 19.4 Å². The number of ether oxygens (including phenoxy) is 1. The van der Waals surface area contributed by atoms with Gasteiger partial charge in [-0.25, -0.2) is 4.98 Å². The highest BCUT2D eigenvalue weighted by atomic mass is 32.2. The molecule has 1 aromatic heterocycles. The van der Waals surface area contributed by atoms with Crippen molar-refractivity contribution in [2.75, 3.05) is 12.4 Å². The first-order valence-corrected chi connectivity index (χ1v) is 8.73. The van der Waals surface area contributed by atoms with E-state index >= 15 is 0 Å². The van der Waals surface area contributed by atoms with Gasteiger partial charge in [0.15, 0.2) is 0 Å². The topological polar surface area (TPSA) is 64.1 Å². The third-order valence-corrected chi connectivity index (χ3v) is 4.72. The molecule has 6 heteroatoms. The first kappa shape index (κ1) is 16.1. The molecule has 1 unspecified atom stereocenters. The average molecular weight is 339 g/mol. The Bertz CT molecular complexity index is 840. The Balaban J connectivity index is 1.73. The molecule has 3 rings (SSSR count). The summed E-state index contributed by atoms with van der Waals surface area (Å²) in [4.78, 5) is 9.20. The molecule has 0 radical (unpaired) electrons. The molecule has 0 aliphatic heterocycles. The van der Waals surface area contributed by atoms with Crippen LogP contribution >= 0.6 is 0 Å². The van der Waals surface area contributed by atoms with E-state index in [1.165, 1.54) is 0 Å². The summed E-state index contributed by atoms with van der Waals surface area (Å²) in [5.74, 6) is 1.41. The summed E-state index contributed by atoms with van der Waals surface area (Å²) in [6.07, 6.45) is 1.63. The molecule has 0 bridgehead atoms. The molecule has 0 amide bonds. The largest absolute Gasteiger partial charge is 0.481 e. The van der Waals surface area contributed by atoms with E-state index in [0.717, 1.165) is 16.1 Å². The highest BCUT2D eigenvalue weighted by Gasteiger charge is 2.06. The van der Waals surface area contributed by atoms with E-state index in [-0.39, 0.29) is 0 Å². The number of nitrogens with one attached hydrogen (secondary N) is 1. The molecule has 2 aromatic carbocycles. The van der Waals surface area contributed by atoms with Crippen molar-refractivity contribution in [1.29, 1.82) is 0 Å². The van der Waals surface area contributed by atoms with Gasteiger partial charge in [-0.1, -0.05) is 30.3 Å². The molecule has 24 heavy (non-hydrogen) atoms. The van der Waals surface area contributed by atoms with Gasteiger partial charge >= 0.3 is 0 Å². The fourth-order valence-electron chi connectivity index (χ4n) is 2.19. The molecule has 1 N–H and O–H groups in total. The zero-order valence-corrected chi connectivity index (χ0v) is 14.0. The number of anilines is 2. The van der Waals surface area contributed by atoms with Crippen LogP contribution in [0.5, 0.6) is 5.88 Å². The SMILES string of the molecule is COc1ccnc(Nc2cccc(CS(=O)c3ccccc3)c2)n1. The van der Waals surface area contributed by atoms with Crippen LogP contribution in [-0.2, 0) is 16.6 Å². The van der Waals surface area contributed by atoms with Crippen molar-refractivity contribution in [3.05, 3.63) is 72.4 Å². The molecule has 0 saturated heterocycles. The Morgan fingerprint density at radius 3 is 2.71 bits per heavy atom. The Morgan fingerprint density at radius 2 is 1.92 bits per heavy atom. The van der Waals surface area contributed by atoms with E-state index in [1.807, 2.05) is 54.6 Å². The third kappa shape index (κ3) is 4.17. The second-order valence-corrected chi connectivity index (χ2v) is 6.50. The van der Waals surface area contributed by atoms with E-state index in [0.29, 0.717) is 17.6 Å². The minimum atomic E-state index is -1.07. The fraction of sp³-hybridized carbons (Fsp3) is 0.111. The second-order valence-electron chi connectivity index (χ2n) is 5.05. The van der Waals surface area contributed by atoms with Crippen molar-refractivity contribution in [2.24, 2.45) is 0 Å². The van der Waals surface area contributed by atoms with Gasteiger partial charge in [-0.3, -0.25) is 4.21 Å². The zero-order chi connectivity index (χ0) is 16.8. The fourth-order valence-corrected chi connectivity index (χ4v) is 3.30. The lowest BCUT2D eigenvalue weighted by Crippen LogP contribution is -2.00. The van der Waals surface area contributed by atoms with Gasteiger partial charge in [-0.05, 0) is 29.8 Å². The van der Waals surface area contributed by atoms with Crippen molar-refractivity contribution in [1.82, 2.24) is 9.97 Å². The van der Waals surface area contributed by atoms with Crippen LogP contribution in [0.3, 0.4) is 0 Å². The molecule has 5 nitrogen and oxygen atoms in total. The summed E-state index contributed by atoms with van der Waals surface area (Å²) < 4.78 is 17.5. The first-order chi connectivity index (χ1) is 11.7. The number of methoxy groups -OCH3 is 1. The van der Waals surface area contributed by atoms with Gasteiger partial charge in [0.2, 0.25) is 11.8 Å². The van der Waals surface area contributed by atoms with Crippen molar-refractivity contribution >= 4 is 22.4 Å². The van der Waals surface area contributed by atoms with Crippen LogP contribution < -0.4 is 10.1 Å². The lowest BCUT2D eigenvalue weighted by molar-refractivity contribution is 0.397. The van der Waals surface area contributed by atoms with Gasteiger partial charge < -0.3 is 10.1 Å². The predicted molar refractivity (Wildman–Crippen MR) is 94.9 cm³/mol. The minimum absolute atomic E-state index is 0.454. The van der Waals surface area contributed by atoms with Gasteiger partial charge in [0.05, 0.1) is 23.7 Å². The number of aromatic nitrogens is 2. The van der Waals surface area contributed by atoms with Crippen LogP contribution in [0.25, 0.3) is 0 Å². The van der Waals surface area contributed by atoms with Gasteiger partial charge in [0.1, 0.15) is 0 Å². The summed E-state index contributed by atoms with van der Waals surface area (Å²) in [6.45, 7) is 0. The summed E-state index contributed by atoms with van der Waals surface area (Å²) in [7, 11) is 0.488. The lowest BCUT2D eigenvalue weighted by Gasteiger charge is -2.08. The number of hydrogen-bond donors (Lipinski definition) is 1. The molecular formula is C18H17N3O2S. The number of hydrogen-bond acceptors (Lipinski definition) is 5. The maximum atomic E-state index is 12.4. The monoisotopic (exact) mass is 339 g/mol. The van der Waals surface area contributed by atoms with Crippen LogP contribution in [0, 0.1) is 0 Å². The Kier molecular flexibility index (Phi) is 5.18. The quantitative estimate of drug-likeness (QED) is 0.744. The highest BCUT2D eigenvalue weighted by Crippen LogP contribution is 2.19. The Labute approximate surface area is 143 Å².